The van der Waals surface area contributed by atoms with Gasteiger partial charge >= 0.3 is 0 Å². The molecule has 0 unspecified atom stereocenters. The Balaban J connectivity index is 1.49. The summed E-state index contributed by atoms with van der Waals surface area (Å²) in [6.45, 7) is -0.0676. The summed E-state index contributed by atoms with van der Waals surface area (Å²) in [5, 5.41) is 10.6. The molecule has 0 bridgehead atoms. The van der Waals surface area contributed by atoms with Crippen LogP contribution in [0.4, 0.5) is 10.1 Å². The maximum absolute atomic E-state index is 13.5. The van der Waals surface area contributed by atoms with Gasteiger partial charge in [-0.05, 0) is 24.3 Å². The Morgan fingerprint density at radius 3 is 2.67 bits per heavy atom. The van der Waals surface area contributed by atoms with Crippen LogP contribution in [0.1, 0.15) is 5.89 Å². The van der Waals surface area contributed by atoms with Crippen molar-refractivity contribution >= 4 is 23.4 Å². The van der Waals surface area contributed by atoms with E-state index in [2.05, 4.69) is 15.5 Å². The average Bonchev–Trinajstić information content (AvgIpc) is 3.14. The third-order valence-corrected chi connectivity index (χ3v) is 4.16. The topological polar surface area (TPSA) is 86.5 Å². The Morgan fingerprint density at radius 1 is 1.15 bits per heavy atom. The molecular weight excluding hydrogens is 373 g/mol. The molecule has 0 saturated carbocycles. The van der Waals surface area contributed by atoms with E-state index in [0.29, 0.717) is 11.4 Å². The molecule has 0 aliphatic carbocycles. The third-order valence-electron chi connectivity index (χ3n) is 3.34. The summed E-state index contributed by atoms with van der Waals surface area (Å²) in [6.07, 6.45) is 0. The van der Waals surface area contributed by atoms with Gasteiger partial charge in [0.05, 0.1) is 18.6 Å². The van der Waals surface area contributed by atoms with Crippen LogP contribution < -0.4 is 14.8 Å². The summed E-state index contributed by atoms with van der Waals surface area (Å²) in [6, 6.07) is 13.1. The highest BCUT2D eigenvalue weighted by atomic mass is 32.2. The van der Waals surface area contributed by atoms with Gasteiger partial charge in [-0.1, -0.05) is 36.0 Å². The molecule has 0 spiro atoms. The van der Waals surface area contributed by atoms with E-state index in [0.717, 1.165) is 11.8 Å². The van der Waals surface area contributed by atoms with Crippen LogP contribution in [0.5, 0.6) is 11.5 Å². The highest BCUT2D eigenvalue weighted by Crippen LogP contribution is 2.24. The number of anilines is 1. The fourth-order valence-corrected chi connectivity index (χ4v) is 2.70. The van der Waals surface area contributed by atoms with E-state index in [1.807, 2.05) is 6.07 Å². The maximum Gasteiger partial charge on any atom is 0.277 e. The van der Waals surface area contributed by atoms with Crippen LogP contribution in [0.3, 0.4) is 0 Å². The monoisotopic (exact) mass is 389 g/mol. The third kappa shape index (κ3) is 5.20. The number of para-hydroxylation sites is 3. The normalized spacial score (nSPS) is 10.4. The zero-order chi connectivity index (χ0) is 19.1. The largest absolute Gasteiger partial charge is 0.495 e. The van der Waals surface area contributed by atoms with E-state index in [1.54, 1.807) is 30.3 Å². The smallest absolute Gasteiger partial charge is 0.277 e. The Hall–Kier alpha value is -3.07. The summed E-state index contributed by atoms with van der Waals surface area (Å²) in [4.78, 5) is 12.1. The molecule has 0 aliphatic heterocycles. The van der Waals surface area contributed by atoms with E-state index in [9.17, 15) is 9.18 Å². The number of benzene rings is 2. The Morgan fingerprint density at radius 2 is 1.89 bits per heavy atom. The predicted octanol–water partition coefficient (Wildman–Crippen LogP) is 3.53. The van der Waals surface area contributed by atoms with Crippen LogP contribution in [0.15, 0.2) is 58.2 Å². The lowest BCUT2D eigenvalue weighted by Crippen LogP contribution is -2.14. The van der Waals surface area contributed by atoms with E-state index in [-0.39, 0.29) is 35.1 Å². The molecule has 0 atom stereocenters. The zero-order valence-electron chi connectivity index (χ0n) is 14.3. The van der Waals surface area contributed by atoms with Crippen molar-refractivity contribution in [3.63, 3.8) is 0 Å². The van der Waals surface area contributed by atoms with Gasteiger partial charge < -0.3 is 19.2 Å². The molecule has 1 amide bonds. The first kappa shape index (κ1) is 18.7. The number of aromatic nitrogens is 2. The second kappa shape index (κ2) is 9.04. The van der Waals surface area contributed by atoms with Crippen LogP contribution >= 0.6 is 11.8 Å². The minimum absolute atomic E-state index is 0.0676. The summed E-state index contributed by atoms with van der Waals surface area (Å²) in [5.41, 5.74) is 0.579. The molecule has 0 fully saturated rings. The number of carbonyl (C=O) groups is 1. The van der Waals surface area contributed by atoms with Crippen LogP contribution in [0, 0.1) is 5.82 Å². The number of nitrogens with one attached hydrogen (secondary N) is 1. The van der Waals surface area contributed by atoms with Gasteiger partial charge in [-0.3, -0.25) is 4.79 Å². The van der Waals surface area contributed by atoms with Crippen molar-refractivity contribution in [1.82, 2.24) is 10.2 Å². The molecule has 0 aliphatic rings. The summed E-state index contributed by atoms with van der Waals surface area (Å²) in [7, 11) is 1.53. The molecule has 3 rings (SSSR count). The summed E-state index contributed by atoms with van der Waals surface area (Å²) >= 11 is 1.08. The molecule has 140 valence electrons. The Labute approximate surface area is 158 Å². The minimum Gasteiger partial charge on any atom is -0.495 e. The van der Waals surface area contributed by atoms with Crippen LogP contribution in [-0.2, 0) is 11.4 Å². The van der Waals surface area contributed by atoms with E-state index < -0.39 is 5.82 Å². The van der Waals surface area contributed by atoms with Crippen molar-refractivity contribution in [3.05, 3.63) is 60.2 Å². The molecule has 1 aromatic heterocycles. The van der Waals surface area contributed by atoms with Gasteiger partial charge in [0.2, 0.25) is 5.91 Å². The molecule has 27 heavy (non-hydrogen) atoms. The van der Waals surface area contributed by atoms with Gasteiger partial charge in [-0.2, -0.15) is 0 Å². The number of nitrogens with zero attached hydrogens (tertiary/aromatic N) is 2. The minimum atomic E-state index is -0.473. The lowest BCUT2D eigenvalue weighted by molar-refractivity contribution is -0.113. The first-order chi connectivity index (χ1) is 13.2. The fraction of sp³-hybridized carbons (Fsp3) is 0.167. The van der Waals surface area contributed by atoms with Gasteiger partial charge in [0.25, 0.3) is 11.1 Å². The lowest BCUT2D eigenvalue weighted by Gasteiger charge is -2.08. The number of carbonyl (C=O) groups excluding carboxylic acids is 1. The lowest BCUT2D eigenvalue weighted by atomic mass is 10.3. The second-order valence-electron chi connectivity index (χ2n) is 5.22. The quantitative estimate of drug-likeness (QED) is 0.590. The molecule has 2 aromatic carbocycles. The molecule has 1 N–H and O–H groups in total. The van der Waals surface area contributed by atoms with Gasteiger partial charge in [-0.25, -0.2) is 4.39 Å². The summed E-state index contributed by atoms with van der Waals surface area (Å²) < 4.78 is 29.3. The molecule has 1 heterocycles. The highest BCUT2D eigenvalue weighted by Gasteiger charge is 2.12. The van der Waals surface area contributed by atoms with Gasteiger partial charge in [0.1, 0.15) is 5.75 Å². The number of methoxy groups -OCH3 is 1. The van der Waals surface area contributed by atoms with Gasteiger partial charge in [0.15, 0.2) is 18.2 Å². The van der Waals surface area contributed by atoms with E-state index >= 15 is 0 Å². The average molecular weight is 389 g/mol. The fourth-order valence-electron chi connectivity index (χ4n) is 2.12. The van der Waals surface area contributed by atoms with Crippen molar-refractivity contribution in [2.45, 2.75) is 11.8 Å². The van der Waals surface area contributed by atoms with E-state index in [4.69, 9.17) is 13.9 Å². The zero-order valence-corrected chi connectivity index (χ0v) is 15.2. The molecule has 7 nitrogen and oxygen atoms in total. The standard InChI is InChI=1S/C18H16FN3O4S/c1-24-15-9-5-3-7-13(15)20-16(23)11-27-18-22-21-17(26-18)10-25-14-8-4-2-6-12(14)19/h2-9H,10-11H2,1H3,(H,20,23). The highest BCUT2D eigenvalue weighted by molar-refractivity contribution is 7.99. The second-order valence-corrected chi connectivity index (χ2v) is 6.14. The molecule has 9 heteroatoms. The number of rotatable bonds is 8. The first-order valence-corrected chi connectivity index (χ1v) is 8.89. The molecule has 0 saturated heterocycles. The number of hydrogen-bond acceptors (Lipinski definition) is 7. The van der Waals surface area contributed by atoms with Crippen molar-refractivity contribution in [3.8, 4) is 11.5 Å². The molecular formula is C18H16FN3O4S. The van der Waals surface area contributed by atoms with Crippen LogP contribution in [0.2, 0.25) is 0 Å². The summed E-state index contributed by atoms with van der Waals surface area (Å²) in [5.74, 6) is 0.216. The Bertz CT molecular complexity index is 919. The Kier molecular flexibility index (Phi) is 6.26. The van der Waals surface area contributed by atoms with Crippen molar-refractivity contribution in [2.75, 3.05) is 18.2 Å². The number of thioether (sulfide) groups is 1. The molecule has 3 aromatic rings. The van der Waals surface area contributed by atoms with Crippen LogP contribution in [0.25, 0.3) is 0 Å². The van der Waals surface area contributed by atoms with E-state index in [1.165, 1.54) is 19.2 Å². The number of amides is 1. The first-order valence-electron chi connectivity index (χ1n) is 7.91. The van der Waals surface area contributed by atoms with Gasteiger partial charge in [0, 0.05) is 0 Å². The van der Waals surface area contributed by atoms with Crippen molar-refractivity contribution in [1.29, 1.82) is 0 Å². The maximum atomic E-state index is 13.5. The molecule has 0 radical (unpaired) electrons. The number of hydrogen-bond donors (Lipinski definition) is 1. The SMILES string of the molecule is COc1ccccc1NC(=O)CSc1nnc(COc2ccccc2F)o1. The van der Waals surface area contributed by atoms with Gasteiger partial charge in [-0.15, -0.1) is 10.2 Å². The number of ether oxygens (including phenoxy) is 2. The van der Waals surface area contributed by atoms with Crippen molar-refractivity contribution < 1.29 is 23.1 Å². The number of halogens is 1. The van der Waals surface area contributed by atoms with Crippen LogP contribution in [-0.4, -0.2) is 29.0 Å². The predicted molar refractivity (Wildman–Crippen MR) is 97.4 cm³/mol. The van der Waals surface area contributed by atoms with Crippen molar-refractivity contribution in [2.24, 2.45) is 0 Å².